The lowest BCUT2D eigenvalue weighted by Crippen LogP contribution is -2.38. The van der Waals surface area contributed by atoms with Crippen LogP contribution in [-0.4, -0.2) is 55.3 Å². The molecule has 8 nitrogen and oxygen atoms in total. The molecule has 2 fully saturated rings. The fraction of sp³-hybridized carbons (Fsp3) is 0.424. The molecule has 0 spiro atoms. The third-order valence-corrected chi connectivity index (χ3v) is 8.48. The van der Waals surface area contributed by atoms with Crippen LogP contribution in [0.2, 0.25) is 0 Å². The molecular weight excluding hydrogens is 575 g/mol. The molecule has 5 rings (SSSR count). The van der Waals surface area contributed by atoms with E-state index in [-0.39, 0.29) is 24.5 Å². The summed E-state index contributed by atoms with van der Waals surface area (Å²) in [5.74, 6) is 1.03. The third kappa shape index (κ3) is 6.18. The predicted molar refractivity (Wildman–Crippen MR) is 158 cm³/mol. The van der Waals surface area contributed by atoms with Crippen molar-refractivity contribution >= 4 is 17.9 Å². The van der Waals surface area contributed by atoms with Crippen molar-refractivity contribution in [1.29, 1.82) is 0 Å². The number of nitrogens with zero attached hydrogens (tertiary/aromatic N) is 3. The maximum atomic E-state index is 13.4. The fourth-order valence-corrected chi connectivity index (χ4v) is 5.66. The molecule has 0 bridgehead atoms. The molecule has 234 valence electrons. The first kappa shape index (κ1) is 31.2. The highest BCUT2D eigenvalue weighted by Gasteiger charge is 2.41. The largest absolute Gasteiger partial charge is 0.496 e. The number of aromatic nitrogens is 1. The number of ether oxygens (including phenoxy) is 3. The quantitative estimate of drug-likeness (QED) is 0.243. The maximum absolute atomic E-state index is 13.4. The Kier molecular flexibility index (Phi) is 8.51. The van der Waals surface area contributed by atoms with Crippen molar-refractivity contribution in [3.05, 3.63) is 77.0 Å². The molecule has 2 saturated heterocycles. The predicted octanol–water partition coefficient (Wildman–Crippen LogP) is 6.91. The van der Waals surface area contributed by atoms with E-state index in [9.17, 15) is 22.8 Å². The number of halogens is 3. The molecule has 2 aromatic carbocycles. The van der Waals surface area contributed by atoms with Crippen LogP contribution in [0.4, 0.5) is 23.8 Å². The Balaban J connectivity index is 1.53. The molecule has 1 aromatic heterocycles. The summed E-state index contributed by atoms with van der Waals surface area (Å²) in [4.78, 5) is 34.0. The van der Waals surface area contributed by atoms with Gasteiger partial charge >= 0.3 is 18.2 Å². The third-order valence-electron chi connectivity index (χ3n) is 8.48. The zero-order valence-corrected chi connectivity index (χ0v) is 25.4. The van der Waals surface area contributed by atoms with Gasteiger partial charge in [0, 0.05) is 29.6 Å². The summed E-state index contributed by atoms with van der Waals surface area (Å²) >= 11 is 0. The van der Waals surface area contributed by atoms with Gasteiger partial charge in [-0.3, -0.25) is 9.69 Å². The number of benzene rings is 2. The first-order valence-electron chi connectivity index (χ1n) is 14.5. The standard InChI is InChI=1S/C33H36F3N3O5/c1-20-30(21-8-6-9-23(16-21)33(34,35)36)44-31(41)39(20)19-26-24(11-13-28(37-26)38-14-7-15-38)25-17-22(10-12-27(25)42-4)32(2,3)18-29(40)43-5/h6,8-13,16-17,20,30H,7,14-15,18-19H2,1-5H3/t20-,30-/m0/s1. The number of carbonyl (C=O) groups is 2. The Morgan fingerprint density at radius 2 is 1.77 bits per heavy atom. The molecule has 3 aromatic rings. The fourth-order valence-electron chi connectivity index (χ4n) is 5.66. The van der Waals surface area contributed by atoms with E-state index in [1.54, 1.807) is 14.0 Å². The number of pyridine rings is 1. The molecule has 2 aliphatic heterocycles. The zero-order chi connectivity index (χ0) is 31.8. The topological polar surface area (TPSA) is 81.2 Å². The van der Waals surface area contributed by atoms with Gasteiger partial charge in [-0.05, 0) is 60.9 Å². The second-order valence-electron chi connectivity index (χ2n) is 11.9. The summed E-state index contributed by atoms with van der Waals surface area (Å²) in [7, 11) is 2.93. The van der Waals surface area contributed by atoms with Gasteiger partial charge in [-0.25, -0.2) is 9.78 Å². The van der Waals surface area contributed by atoms with E-state index in [1.165, 1.54) is 24.1 Å². The van der Waals surface area contributed by atoms with Crippen LogP contribution in [0, 0.1) is 0 Å². The molecule has 11 heteroatoms. The second-order valence-corrected chi connectivity index (χ2v) is 11.9. The summed E-state index contributed by atoms with van der Waals surface area (Å²) in [6.07, 6.45) is -4.82. The van der Waals surface area contributed by atoms with Gasteiger partial charge in [0.05, 0.1) is 44.5 Å². The number of hydrogen-bond acceptors (Lipinski definition) is 7. The van der Waals surface area contributed by atoms with Crippen LogP contribution in [0.1, 0.15) is 62.1 Å². The van der Waals surface area contributed by atoms with Gasteiger partial charge in [0.15, 0.2) is 0 Å². The number of anilines is 1. The van der Waals surface area contributed by atoms with E-state index in [4.69, 9.17) is 19.2 Å². The van der Waals surface area contributed by atoms with E-state index >= 15 is 0 Å². The van der Waals surface area contributed by atoms with Gasteiger partial charge in [0.1, 0.15) is 17.7 Å². The van der Waals surface area contributed by atoms with Crippen molar-refractivity contribution in [2.75, 3.05) is 32.2 Å². The molecule has 0 radical (unpaired) electrons. The smallest absolute Gasteiger partial charge is 0.416 e. The highest BCUT2D eigenvalue weighted by atomic mass is 19.4. The van der Waals surface area contributed by atoms with Crippen molar-refractivity contribution < 1.29 is 37.0 Å². The lowest BCUT2D eigenvalue weighted by atomic mass is 9.80. The van der Waals surface area contributed by atoms with Crippen LogP contribution in [-0.2, 0) is 32.4 Å². The van der Waals surface area contributed by atoms with Crippen LogP contribution in [0.25, 0.3) is 11.1 Å². The maximum Gasteiger partial charge on any atom is 0.416 e. The Bertz CT molecular complexity index is 1550. The van der Waals surface area contributed by atoms with Gasteiger partial charge in [0.2, 0.25) is 0 Å². The van der Waals surface area contributed by atoms with Crippen molar-refractivity contribution in [3.8, 4) is 16.9 Å². The van der Waals surface area contributed by atoms with Crippen LogP contribution >= 0.6 is 0 Å². The minimum atomic E-state index is -4.52. The Morgan fingerprint density at radius 1 is 1.02 bits per heavy atom. The lowest BCUT2D eigenvalue weighted by molar-refractivity contribution is -0.142. The number of esters is 1. The van der Waals surface area contributed by atoms with Gasteiger partial charge in [-0.2, -0.15) is 13.2 Å². The summed E-state index contributed by atoms with van der Waals surface area (Å²) in [5.41, 5.74) is 1.85. The average molecular weight is 612 g/mol. The minimum absolute atomic E-state index is 0.0609. The molecule has 2 atom stereocenters. The second kappa shape index (κ2) is 12.0. The van der Waals surface area contributed by atoms with E-state index in [2.05, 4.69) is 4.90 Å². The van der Waals surface area contributed by atoms with Crippen LogP contribution < -0.4 is 9.64 Å². The monoisotopic (exact) mass is 611 g/mol. The Labute approximate surface area is 254 Å². The van der Waals surface area contributed by atoms with Crippen LogP contribution in [0.5, 0.6) is 5.75 Å². The Hall–Kier alpha value is -4.28. The molecule has 0 aliphatic carbocycles. The number of amides is 1. The van der Waals surface area contributed by atoms with Gasteiger partial charge < -0.3 is 19.1 Å². The summed E-state index contributed by atoms with van der Waals surface area (Å²) in [6, 6.07) is 13.9. The zero-order valence-electron chi connectivity index (χ0n) is 25.4. The number of carbonyl (C=O) groups excluding carboxylic acids is 2. The molecule has 44 heavy (non-hydrogen) atoms. The number of cyclic esters (lactones) is 1. The highest BCUT2D eigenvalue weighted by molar-refractivity contribution is 5.77. The van der Waals surface area contributed by atoms with E-state index in [0.29, 0.717) is 11.4 Å². The average Bonchev–Trinajstić information content (AvgIpc) is 3.24. The van der Waals surface area contributed by atoms with E-state index in [0.717, 1.165) is 54.2 Å². The van der Waals surface area contributed by atoms with Crippen molar-refractivity contribution in [2.45, 2.75) is 63.9 Å². The van der Waals surface area contributed by atoms with Crippen molar-refractivity contribution in [2.24, 2.45) is 0 Å². The minimum Gasteiger partial charge on any atom is -0.496 e. The molecule has 2 aliphatic rings. The molecule has 0 unspecified atom stereocenters. The normalized spacial score (nSPS) is 18.6. The summed E-state index contributed by atoms with van der Waals surface area (Å²) in [6.45, 7) is 7.46. The summed E-state index contributed by atoms with van der Waals surface area (Å²) < 4.78 is 56.5. The number of hydrogen-bond donors (Lipinski definition) is 0. The lowest BCUT2D eigenvalue weighted by Gasteiger charge is -2.33. The van der Waals surface area contributed by atoms with Crippen LogP contribution in [0.15, 0.2) is 54.6 Å². The van der Waals surface area contributed by atoms with Crippen LogP contribution in [0.3, 0.4) is 0 Å². The highest BCUT2D eigenvalue weighted by Crippen LogP contribution is 2.41. The molecule has 1 amide bonds. The first-order valence-corrected chi connectivity index (χ1v) is 14.5. The van der Waals surface area contributed by atoms with Gasteiger partial charge in [-0.1, -0.05) is 32.0 Å². The Morgan fingerprint density at radius 3 is 2.41 bits per heavy atom. The number of alkyl halides is 3. The van der Waals surface area contributed by atoms with Gasteiger partial charge in [0.25, 0.3) is 0 Å². The molecular formula is C33H36F3N3O5. The number of methoxy groups -OCH3 is 2. The molecule has 0 saturated carbocycles. The van der Waals surface area contributed by atoms with E-state index < -0.39 is 35.4 Å². The number of rotatable bonds is 9. The SMILES string of the molecule is COC(=O)CC(C)(C)c1ccc(OC)c(-c2ccc(N3CCC3)nc2CN2C(=O)O[C@H](c3cccc(C(F)(F)F)c3)[C@@H]2C)c1. The van der Waals surface area contributed by atoms with Crippen molar-refractivity contribution in [1.82, 2.24) is 9.88 Å². The molecule has 3 heterocycles. The van der Waals surface area contributed by atoms with Gasteiger partial charge in [-0.15, -0.1) is 0 Å². The first-order chi connectivity index (χ1) is 20.8. The van der Waals surface area contributed by atoms with E-state index in [1.807, 2.05) is 44.2 Å². The molecule has 0 N–H and O–H groups in total. The van der Waals surface area contributed by atoms with Crippen molar-refractivity contribution in [3.63, 3.8) is 0 Å². The summed E-state index contributed by atoms with van der Waals surface area (Å²) in [5, 5.41) is 0.